The molecule has 0 aliphatic rings. The molecule has 1 aromatic rings. The Bertz CT molecular complexity index is 651. The zero-order valence-electron chi connectivity index (χ0n) is 13.8. The fraction of sp³-hybridized carbons (Fsp3) is 0.692. The minimum Gasteiger partial charge on any atom is -0.444 e. The molecule has 8 nitrogen and oxygen atoms in total. The van der Waals surface area contributed by atoms with Crippen molar-refractivity contribution in [3.63, 3.8) is 0 Å². The molecule has 1 rings (SSSR count). The molecule has 0 fully saturated rings. The zero-order valence-corrected chi connectivity index (χ0v) is 16.2. The van der Waals surface area contributed by atoms with Gasteiger partial charge in [0.1, 0.15) is 16.8 Å². The van der Waals surface area contributed by atoms with Crippen molar-refractivity contribution in [2.75, 3.05) is 12.8 Å². The molecular formula is C13H22BrN3O5S. The van der Waals surface area contributed by atoms with Gasteiger partial charge in [0, 0.05) is 6.54 Å². The smallest absolute Gasteiger partial charge is 0.407 e. The molecule has 0 aliphatic carbocycles. The van der Waals surface area contributed by atoms with E-state index in [0.717, 1.165) is 6.26 Å². The van der Waals surface area contributed by atoms with Gasteiger partial charge in [-0.05, 0) is 49.7 Å². The van der Waals surface area contributed by atoms with Gasteiger partial charge in [-0.15, -0.1) is 0 Å². The molecule has 0 aliphatic heterocycles. The van der Waals surface area contributed by atoms with E-state index < -0.39 is 21.8 Å². The molecule has 0 saturated heterocycles. The summed E-state index contributed by atoms with van der Waals surface area (Å²) < 4.78 is 34.3. The largest absolute Gasteiger partial charge is 0.444 e. The number of rotatable bonds is 6. The number of halogens is 1. The lowest BCUT2D eigenvalue weighted by Gasteiger charge is -2.21. The summed E-state index contributed by atoms with van der Waals surface area (Å²) in [5.41, 5.74) is -0.00271. The Morgan fingerprint density at radius 1 is 1.48 bits per heavy atom. The molecule has 0 radical (unpaired) electrons. The monoisotopic (exact) mass is 411 g/mol. The molecule has 132 valence electrons. The van der Waals surface area contributed by atoms with Crippen LogP contribution in [0, 0.1) is 0 Å². The van der Waals surface area contributed by atoms with Crippen molar-refractivity contribution in [3.05, 3.63) is 16.4 Å². The van der Waals surface area contributed by atoms with Gasteiger partial charge in [-0.1, -0.05) is 0 Å². The summed E-state index contributed by atoms with van der Waals surface area (Å²) in [6, 6.07) is 1.45. The van der Waals surface area contributed by atoms with Crippen molar-refractivity contribution in [2.45, 2.75) is 45.9 Å². The molecule has 10 heteroatoms. The summed E-state index contributed by atoms with van der Waals surface area (Å²) in [7, 11) is -3.55. The van der Waals surface area contributed by atoms with Crippen LogP contribution >= 0.6 is 15.9 Å². The maximum absolute atomic E-state index is 11.7. The lowest BCUT2D eigenvalue weighted by molar-refractivity contribution is 0.0520. The third kappa shape index (κ3) is 7.80. The standard InChI is InChI=1S/C13H22BrN3O5S/c1-9(7-15-12(18)22-13(2,3)4)17-10(6-11(14)16-17)8-21-23(5,19)20/h6,9H,7-8H2,1-5H3,(H,15,18). The van der Waals surface area contributed by atoms with Crippen LogP contribution in [0.2, 0.25) is 0 Å². The van der Waals surface area contributed by atoms with Crippen LogP contribution in [0.3, 0.4) is 0 Å². The van der Waals surface area contributed by atoms with Crippen molar-refractivity contribution in [1.82, 2.24) is 15.1 Å². The Kier molecular flexibility index (Phi) is 6.60. The highest BCUT2D eigenvalue weighted by atomic mass is 79.9. The van der Waals surface area contributed by atoms with E-state index in [-0.39, 0.29) is 19.2 Å². The Labute approximate surface area is 144 Å². The quantitative estimate of drug-likeness (QED) is 0.720. The lowest BCUT2D eigenvalue weighted by Crippen LogP contribution is -2.35. The van der Waals surface area contributed by atoms with Crippen LogP contribution in [0.1, 0.15) is 39.4 Å². The molecule has 23 heavy (non-hydrogen) atoms. The van der Waals surface area contributed by atoms with E-state index in [0.29, 0.717) is 10.3 Å². The first-order chi connectivity index (χ1) is 10.4. The molecule has 1 unspecified atom stereocenters. The minimum atomic E-state index is -3.55. The SMILES string of the molecule is CC(CNC(=O)OC(C)(C)C)n1nc(Br)cc1COS(C)(=O)=O. The maximum Gasteiger partial charge on any atom is 0.407 e. The molecule has 1 atom stereocenters. The Morgan fingerprint density at radius 2 is 2.09 bits per heavy atom. The van der Waals surface area contributed by atoms with Crippen molar-refractivity contribution in [2.24, 2.45) is 0 Å². The molecule has 0 spiro atoms. The Balaban J connectivity index is 2.69. The first-order valence-corrected chi connectivity index (χ1v) is 9.53. The summed E-state index contributed by atoms with van der Waals surface area (Å²) in [6.45, 7) is 7.31. The Hall–Kier alpha value is -1.13. The molecule has 1 amide bonds. The summed E-state index contributed by atoms with van der Waals surface area (Å²) >= 11 is 3.24. The van der Waals surface area contributed by atoms with Gasteiger partial charge < -0.3 is 10.1 Å². The number of ether oxygens (including phenoxy) is 1. The second-order valence-electron chi connectivity index (χ2n) is 6.10. The maximum atomic E-state index is 11.7. The number of amides is 1. The van der Waals surface area contributed by atoms with Crippen molar-refractivity contribution in [3.8, 4) is 0 Å². The van der Waals surface area contributed by atoms with Crippen LogP contribution < -0.4 is 5.32 Å². The van der Waals surface area contributed by atoms with E-state index in [4.69, 9.17) is 8.92 Å². The lowest BCUT2D eigenvalue weighted by atomic mass is 10.2. The fourth-order valence-corrected chi connectivity index (χ4v) is 2.46. The molecule has 1 aromatic heterocycles. The van der Waals surface area contributed by atoms with E-state index in [1.54, 1.807) is 31.5 Å². The van der Waals surface area contributed by atoms with Crippen molar-refractivity contribution >= 4 is 32.1 Å². The predicted molar refractivity (Wildman–Crippen MR) is 88.5 cm³/mol. The molecule has 0 bridgehead atoms. The molecule has 1 N–H and O–H groups in total. The number of carbonyl (C=O) groups excluding carboxylic acids is 1. The normalized spacial score (nSPS) is 13.7. The van der Waals surface area contributed by atoms with Gasteiger partial charge in [0.25, 0.3) is 10.1 Å². The minimum absolute atomic E-state index is 0.131. The number of aromatic nitrogens is 2. The summed E-state index contributed by atoms with van der Waals surface area (Å²) in [4.78, 5) is 11.7. The molecule has 0 saturated carbocycles. The van der Waals surface area contributed by atoms with Gasteiger partial charge in [0.2, 0.25) is 0 Å². The average Bonchev–Trinajstić information content (AvgIpc) is 2.72. The average molecular weight is 412 g/mol. The van der Waals surface area contributed by atoms with Crippen LogP contribution in [-0.4, -0.2) is 42.7 Å². The number of alkyl carbamates (subject to hydrolysis) is 1. The van der Waals surface area contributed by atoms with Gasteiger partial charge >= 0.3 is 6.09 Å². The number of carbonyl (C=O) groups is 1. The zero-order chi connectivity index (χ0) is 17.8. The highest BCUT2D eigenvalue weighted by molar-refractivity contribution is 9.10. The van der Waals surface area contributed by atoms with Crippen LogP contribution in [0.5, 0.6) is 0 Å². The second-order valence-corrected chi connectivity index (χ2v) is 8.56. The fourth-order valence-electron chi connectivity index (χ4n) is 1.69. The second kappa shape index (κ2) is 7.63. The van der Waals surface area contributed by atoms with E-state index in [9.17, 15) is 13.2 Å². The number of hydrogen-bond acceptors (Lipinski definition) is 6. The molecule has 1 heterocycles. The third-order valence-corrected chi connectivity index (χ3v) is 3.50. The van der Waals surface area contributed by atoms with Crippen molar-refractivity contribution in [1.29, 1.82) is 0 Å². The van der Waals surface area contributed by atoms with Gasteiger partial charge in [0.15, 0.2) is 0 Å². The highest BCUT2D eigenvalue weighted by Crippen LogP contribution is 2.17. The third-order valence-electron chi connectivity index (χ3n) is 2.56. The van der Waals surface area contributed by atoms with Crippen LogP contribution in [0.25, 0.3) is 0 Å². The molecule has 0 aromatic carbocycles. The summed E-state index contributed by atoms with van der Waals surface area (Å²) in [6.07, 6.45) is 0.459. The highest BCUT2D eigenvalue weighted by Gasteiger charge is 2.19. The first-order valence-electron chi connectivity index (χ1n) is 6.92. The number of nitrogens with zero attached hydrogens (tertiary/aromatic N) is 2. The van der Waals surface area contributed by atoms with E-state index in [1.165, 1.54) is 0 Å². The van der Waals surface area contributed by atoms with E-state index in [1.807, 2.05) is 6.92 Å². The van der Waals surface area contributed by atoms with Crippen LogP contribution in [0.15, 0.2) is 10.7 Å². The van der Waals surface area contributed by atoms with E-state index >= 15 is 0 Å². The first kappa shape index (κ1) is 19.9. The molecular weight excluding hydrogens is 390 g/mol. The van der Waals surface area contributed by atoms with Crippen molar-refractivity contribution < 1.29 is 22.1 Å². The van der Waals surface area contributed by atoms with Gasteiger partial charge in [0.05, 0.1) is 18.0 Å². The topological polar surface area (TPSA) is 99.5 Å². The summed E-state index contributed by atoms with van der Waals surface area (Å²) in [5.74, 6) is 0. The Morgan fingerprint density at radius 3 is 2.61 bits per heavy atom. The van der Waals surface area contributed by atoms with Gasteiger partial charge in [-0.25, -0.2) is 4.79 Å². The van der Waals surface area contributed by atoms with Gasteiger partial charge in [-0.2, -0.15) is 13.5 Å². The van der Waals surface area contributed by atoms with Crippen LogP contribution in [-0.2, 0) is 25.6 Å². The summed E-state index contributed by atoms with van der Waals surface area (Å²) in [5, 5.41) is 6.88. The number of hydrogen-bond donors (Lipinski definition) is 1. The number of nitrogens with one attached hydrogen (secondary N) is 1. The predicted octanol–water partition coefficient (Wildman–Crippen LogP) is 2.21. The van der Waals surface area contributed by atoms with Gasteiger partial charge in [-0.3, -0.25) is 8.86 Å². The van der Waals surface area contributed by atoms with E-state index in [2.05, 4.69) is 26.3 Å². The van der Waals surface area contributed by atoms with Crippen LogP contribution in [0.4, 0.5) is 4.79 Å².